The van der Waals surface area contributed by atoms with Crippen LogP contribution < -0.4 is 34.7 Å². The molecule has 0 saturated carbocycles. The van der Waals surface area contributed by atoms with Crippen LogP contribution >= 0.6 is 0 Å². The summed E-state index contributed by atoms with van der Waals surface area (Å²) in [5.74, 6) is -1.13. The van der Waals surface area contributed by atoms with Crippen LogP contribution in [0.4, 0.5) is 4.79 Å². The molecule has 0 aliphatic carbocycles. The Hall–Kier alpha value is -1.04. The van der Waals surface area contributed by atoms with E-state index in [1.54, 1.807) is 0 Å². The van der Waals surface area contributed by atoms with Crippen LogP contribution in [0.2, 0.25) is 0 Å². The van der Waals surface area contributed by atoms with Crippen LogP contribution in [0.25, 0.3) is 0 Å². The van der Waals surface area contributed by atoms with Crippen molar-refractivity contribution in [2.75, 3.05) is 0 Å². The van der Waals surface area contributed by atoms with Crippen LogP contribution in [-0.2, 0) is 20.9 Å². The SMILES string of the molecule is CCCCCCCC(CCC(=O)[O-])OC(=O)OCc1ccccc1.[Na+]. The molecule has 0 saturated heterocycles. The summed E-state index contributed by atoms with van der Waals surface area (Å²) in [4.78, 5) is 22.4. The van der Waals surface area contributed by atoms with E-state index >= 15 is 0 Å². The number of benzene rings is 1. The number of unbranched alkanes of at least 4 members (excludes halogenated alkanes) is 4. The molecule has 0 aromatic heterocycles. The Kier molecular flexibility index (Phi) is 14.6. The van der Waals surface area contributed by atoms with Crippen molar-refractivity contribution in [1.29, 1.82) is 0 Å². The van der Waals surface area contributed by atoms with Crippen molar-refractivity contribution in [3.05, 3.63) is 35.9 Å². The monoisotopic (exact) mass is 358 g/mol. The number of rotatable bonds is 12. The summed E-state index contributed by atoms with van der Waals surface area (Å²) < 4.78 is 10.4. The van der Waals surface area contributed by atoms with Gasteiger partial charge in [0.1, 0.15) is 12.7 Å². The summed E-state index contributed by atoms with van der Waals surface area (Å²) in [6.07, 6.45) is 5.05. The smallest absolute Gasteiger partial charge is 0.550 e. The van der Waals surface area contributed by atoms with E-state index in [1.165, 1.54) is 6.42 Å². The minimum atomic E-state index is -1.13. The van der Waals surface area contributed by atoms with Gasteiger partial charge in [0.25, 0.3) is 0 Å². The summed E-state index contributed by atoms with van der Waals surface area (Å²) in [7, 11) is 0. The van der Waals surface area contributed by atoms with Crippen molar-refractivity contribution >= 4 is 12.1 Å². The molecule has 1 rings (SSSR count). The molecule has 0 aliphatic heterocycles. The molecule has 0 amide bonds. The molecule has 1 unspecified atom stereocenters. The van der Waals surface area contributed by atoms with Gasteiger partial charge in [-0.15, -0.1) is 0 Å². The van der Waals surface area contributed by atoms with Gasteiger partial charge in [0, 0.05) is 5.97 Å². The van der Waals surface area contributed by atoms with Crippen molar-refractivity contribution in [3.8, 4) is 0 Å². The Bertz CT molecular complexity index is 478. The molecule has 0 spiro atoms. The molecule has 1 aromatic carbocycles. The van der Waals surface area contributed by atoms with Crippen molar-refractivity contribution in [2.24, 2.45) is 0 Å². The van der Waals surface area contributed by atoms with Crippen LogP contribution in [0.15, 0.2) is 30.3 Å². The van der Waals surface area contributed by atoms with Gasteiger partial charge in [0.15, 0.2) is 0 Å². The third-order valence-corrected chi connectivity index (χ3v) is 3.76. The predicted octanol–water partition coefficient (Wildman–Crippen LogP) is 0.603. The number of ether oxygens (including phenoxy) is 2. The third kappa shape index (κ3) is 12.9. The predicted molar refractivity (Wildman–Crippen MR) is 89.1 cm³/mol. The fourth-order valence-corrected chi connectivity index (χ4v) is 2.40. The first-order chi connectivity index (χ1) is 11.6. The number of carboxylic acids is 1. The summed E-state index contributed by atoms with van der Waals surface area (Å²) in [5, 5.41) is 10.6. The fourth-order valence-electron chi connectivity index (χ4n) is 2.40. The zero-order chi connectivity index (χ0) is 17.6. The average molecular weight is 358 g/mol. The number of carbonyl (C=O) groups excluding carboxylic acids is 2. The molecule has 0 bridgehead atoms. The third-order valence-electron chi connectivity index (χ3n) is 3.76. The van der Waals surface area contributed by atoms with E-state index in [0.717, 1.165) is 31.2 Å². The van der Waals surface area contributed by atoms with Crippen molar-refractivity contribution < 1.29 is 53.7 Å². The standard InChI is InChI=1S/C19H28O5.Na/c1-2-3-4-5-9-12-17(13-14-18(20)21)24-19(22)23-15-16-10-7-6-8-11-16;/h6-8,10-11,17H,2-5,9,12-15H2,1H3,(H,20,21);/q;+1/p-1. The molecule has 6 heteroatoms. The first-order valence-corrected chi connectivity index (χ1v) is 8.69. The second-order valence-corrected chi connectivity index (χ2v) is 5.88. The van der Waals surface area contributed by atoms with Crippen LogP contribution in [-0.4, -0.2) is 18.2 Å². The van der Waals surface area contributed by atoms with E-state index in [1.807, 2.05) is 30.3 Å². The fraction of sp³-hybridized carbons (Fsp3) is 0.579. The molecule has 0 heterocycles. The van der Waals surface area contributed by atoms with Crippen molar-refractivity contribution in [3.63, 3.8) is 0 Å². The molecule has 0 fully saturated rings. The second kappa shape index (κ2) is 15.2. The summed E-state index contributed by atoms with van der Waals surface area (Å²) in [6.45, 7) is 2.29. The van der Waals surface area contributed by atoms with Gasteiger partial charge in [0.2, 0.25) is 0 Å². The molecule has 5 nitrogen and oxygen atoms in total. The zero-order valence-electron chi connectivity index (χ0n) is 15.4. The first-order valence-electron chi connectivity index (χ1n) is 8.69. The Balaban J connectivity index is 0.00000576. The van der Waals surface area contributed by atoms with E-state index in [0.29, 0.717) is 6.42 Å². The van der Waals surface area contributed by atoms with E-state index in [9.17, 15) is 14.7 Å². The minimum Gasteiger partial charge on any atom is -0.550 e. The molecule has 25 heavy (non-hydrogen) atoms. The summed E-state index contributed by atoms with van der Waals surface area (Å²) in [6, 6.07) is 9.32. The quantitative estimate of drug-likeness (QED) is 0.311. The maximum absolute atomic E-state index is 11.8. The van der Waals surface area contributed by atoms with Gasteiger partial charge >= 0.3 is 35.7 Å². The Labute approximate surface area is 172 Å². The zero-order valence-corrected chi connectivity index (χ0v) is 17.4. The molecule has 134 valence electrons. The summed E-state index contributed by atoms with van der Waals surface area (Å²) >= 11 is 0. The van der Waals surface area contributed by atoms with Gasteiger partial charge in [0.05, 0.1) is 0 Å². The Morgan fingerprint density at radius 3 is 2.36 bits per heavy atom. The molecule has 1 atom stereocenters. The molecular formula is C19H27NaO5. The van der Waals surface area contributed by atoms with Crippen LogP contribution in [0.3, 0.4) is 0 Å². The first kappa shape index (κ1) is 24.0. The van der Waals surface area contributed by atoms with Gasteiger partial charge in [-0.05, 0) is 31.2 Å². The minimum absolute atomic E-state index is 0. The van der Waals surface area contributed by atoms with Gasteiger partial charge in [-0.3, -0.25) is 0 Å². The maximum atomic E-state index is 11.8. The van der Waals surface area contributed by atoms with Crippen LogP contribution in [0.5, 0.6) is 0 Å². The summed E-state index contributed by atoms with van der Waals surface area (Å²) in [5.41, 5.74) is 0.875. The van der Waals surface area contributed by atoms with Crippen LogP contribution in [0, 0.1) is 0 Å². The van der Waals surface area contributed by atoms with Gasteiger partial charge in [-0.1, -0.05) is 62.9 Å². The number of hydrogen-bond acceptors (Lipinski definition) is 5. The average Bonchev–Trinajstić information content (AvgIpc) is 2.58. The topological polar surface area (TPSA) is 75.7 Å². The van der Waals surface area contributed by atoms with Gasteiger partial charge in [-0.2, -0.15) is 0 Å². The van der Waals surface area contributed by atoms with E-state index < -0.39 is 18.2 Å². The number of hydrogen-bond donors (Lipinski definition) is 0. The number of carbonyl (C=O) groups is 2. The molecule has 0 radical (unpaired) electrons. The van der Waals surface area contributed by atoms with E-state index in [4.69, 9.17) is 9.47 Å². The van der Waals surface area contributed by atoms with E-state index in [2.05, 4.69) is 6.92 Å². The molecule has 1 aromatic rings. The van der Waals surface area contributed by atoms with E-state index in [-0.39, 0.29) is 49.0 Å². The second-order valence-electron chi connectivity index (χ2n) is 5.88. The maximum Gasteiger partial charge on any atom is 1.00 e. The van der Waals surface area contributed by atoms with Gasteiger partial charge < -0.3 is 19.4 Å². The largest absolute Gasteiger partial charge is 1.00 e. The molecule has 0 N–H and O–H groups in total. The van der Waals surface area contributed by atoms with Gasteiger partial charge in [-0.25, -0.2) is 4.79 Å². The molecular weight excluding hydrogens is 331 g/mol. The molecule has 0 aliphatic rings. The van der Waals surface area contributed by atoms with Crippen LogP contribution in [0.1, 0.15) is 63.9 Å². The van der Waals surface area contributed by atoms with Crippen molar-refractivity contribution in [1.82, 2.24) is 0 Å². The Morgan fingerprint density at radius 1 is 1.04 bits per heavy atom. The Morgan fingerprint density at radius 2 is 1.72 bits per heavy atom. The number of aliphatic carboxylic acids is 1. The normalized spacial score (nSPS) is 11.2. The number of carboxylic acid groups (broad SMARTS) is 1. The van der Waals surface area contributed by atoms with Crippen molar-refractivity contribution in [2.45, 2.75) is 71.0 Å².